The van der Waals surface area contributed by atoms with Crippen molar-refractivity contribution < 1.29 is 19.1 Å². The number of carbonyl (C=O) groups is 3. The Kier molecular flexibility index (Phi) is 5.93. The largest absolute Gasteiger partial charge is 0.383 e. The first kappa shape index (κ1) is 20.2. The van der Waals surface area contributed by atoms with Gasteiger partial charge in [-0.3, -0.25) is 14.5 Å². The minimum atomic E-state index is -0.876. The quantitative estimate of drug-likeness (QED) is 0.674. The molecule has 0 bridgehead atoms. The number of urea groups is 1. The topological polar surface area (TPSA) is 95.9 Å². The summed E-state index contributed by atoms with van der Waals surface area (Å²) < 4.78 is 5.06. The molecule has 1 spiro atoms. The minimum absolute atomic E-state index is 0.154. The van der Waals surface area contributed by atoms with Crippen LogP contribution in [0.4, 0.5) is 4.79 Å². The van der Waals surface area contributed by atoms with Crippen LogP contribution in [0.5, 0.6) is 0 Å². The van der Waals surface area contributed by atoms with E-state index in [2.05, 4.69) is 9.97 Å². The molecule has 3 rings (SSSR count). The number of rotatable bonds is 6. The van der Waals surface area contributed by atoms with E-state index in [4.69, 9.17) is 4.74 Å². The average Bonchev–Trinajstić information content (AvgIpc) is 2.88. The number of methoxy groups -OCH3 is 1. The molecule has 2 aliphatic rings. The molecule has 0 atom stereocenters. The van der Waals surface area contributed by atoms with Crippen LogP contribution in [-0.4, -0.2) is 87.9 Å². The van der Waals surface area contributed by atoms with E-state index in [1.165, 1.54) is 23.6 Å². The van der Waals surface area contributed by atoms with E-state index in [0.29, 0.717) is 44.6 Å². The standard InChI is InChI=1S/C19H27N5O4/c1-14(2)12-24-18(27)23(8-9-28-3)17(26)19(24)4-6-22(7-5-19)16(25)15-10-20-13-21-11-15/h10-11,13-14H,4-9,12H2,1-3H3. The molecule has 152 valence electrons. The third-order valence-electron chi connectivity index (χ3n) is 5.37. The summed E-state index contributed by atoms with van der Waals surface area (Å²) in [5.41, 5.74) is -0.452. The lowest BCUT2D eigenvalue weighted by molar-refractivity contribution is -0.135. The number of imide groups is 1. The fraction of sp³-hybridized carbons (Fsp3) is 0.632. The zero-order valence-electron chi connectivity index (χ0n) is 16.6. The molecular formula is C19H27N5O4. The van der Waals surface area contributed by atoms with Crippen molar-refractivity contribution in [3.63, 3.8) is 0 Å². The maximum atomic E-state index is 13.2. The predicted molar refractivity (Wildman–Crippen MR) is 100 cm³/mol. The maximum Gasteiger partial charge on any atom is 0.327 e. The number of hydrogen-bond acceptors (Lipinski definition) is 6. The molecule has 0 N–H and O–H groups in total. The number of amides is 4. The number of nitrogens with zero attached hydrogens (tertiary/aromatic N) is 5. The van der Waals surface area contributed by atoms with Crippen molar-refractivity contribution in [3.8, 4) is 0 Å². The molecular weight excluding hydrogens is 362 g/mol. The van der Waals surface area contributed by atoms with Gasteiger partial charge >= 0.3 is 6.03 Å². The molecule has 2 aliphatic heterocycles. The Morgan fingerprint density at radius 3 is 2.43 bits per heavy atom. The van der Waals surface area contributed by atoms with Gasteiger partial charge in [0.2, 0.25) is 0 Å². The number of aromatic nitrogens is 2. The number of ether oxygens (including phenoxy) is 1. The molecule has 0 unspecified atom stereocenters. The van der Waals surface area contributed by atoms with Gasteiger partial charge in [0, 0.05) is 39.1 Å². The zero-order valence-corrected chi connectivity index (χ0v) is 16.6. The van der Waals surface area contributed by atoms with Crippen molar-refractivity contribution in [1.29, 1.82) is 0 Å². The van der Waals surface area contributed by atoms with Crippen LogP contribution >= 0.6 is 0 Å². The van der Waals surface area contributed by atoms with Gasteiger partial charge in [-0.1, -0.05) is 13.8 Å². The van der Waals surface area contributed by atoms with Gasteiger partial charge in [-0.2, -0.15) is 0 Å². The van der Waals surface area contributed by atoms with Crippen LogP contribution in [0.1, 0.15) is 37.0 Å². The Balaban J connectivity index is 1.78. The van der Waals surface area contributed by atoms with Gasteiger partial charge in [0.1, 0.15) is 11.9 Å². The Morgan fingerprint density at radius 1 is 1.21 bits per heavy atom. The number of carbonyl (C=O) groups excluding carboxylic acids is 3. The lowest BCUT2D eigenvalue weighted by Gasteiger charge is -2.42. The highest BCUT2D eigenvalue weighted by molar-refractivity contribution is 6.07. The van der Waals surface area contributed by atoms with E-state index >= 15 is 0 Å². The fourth-order valence-electron chi connectivity index (χ4n) is 3.94. The first-order valence-electron chi connectivity index (χ1n) is 9.57. The van der Waals surface area contributed by atoms with Gasteiger partial charge in [0.15, 0.2) is 0 Å². The summed E-state index contributed by atoms with van der Waals surface area (Å²) >= 11 is 0. The monoisotopic (exact) mass is 389 g/mol. The highest BCUT2D eigenvalue weighted by atomic mass is 16.5. The zero-order chi connectivity index (χ0) is 20.3. The summed E-state index contributed by atoms with van der Waals surface area (Å²) in [6, 6.07) is -0.257. The average molecular weight is 389 g/mol. The van der Waals surface area contributed by atoms with E-state index in [1.807, 2.05) is 13.8 Å². The molecule has 1 aromatic rings. The fourth-order valence-corrected chi connectivity index (χ4v) is 3.94. The molecule has 4 amide bonds. The summed E-state index contributed by atoms with van der Waals surface area (Å²) in [7, 11) is 1.55. The van der Waals surface area contributed by atoms with E-state index < -0.39 is 5.54 Å². The van der Waals surface area contributed by atoms with Crippen LogP contribution in [0.15, 0.2) is 18.7 Å². The summed E-state index contributed by atoms with van der Waals surface area (Å²) in [6.45, 7) is 5.91. The highest BCUT2D eigenvalue weighted by Crippen LogP contribution is 2.38. The van der Waals surface area contributed by atoms with E-state index in [1.54, 1.807) is 16.9 Å². The molecule has 2 saturated heterocycles. The lowest BCUT2D eigenvalue weighted by atomic mass is 9.85. The van der Waals surface area contributed by atoms with E-state index in [9.17, 15) is 14.4 Å². The number of likely N-dealkylation sites (tertiary alicyclic amines) is 1. The molecule has 9 heteroatoms. The molecule has 2 fully saturated rings. The van der Waals surface area contributed by atoms with E-state index in [0.717, 1.165) is 0 Å². The second kappa shape index (κ2) is 8.22. The van der Waals surface area contributed by atoms with Crippen LogP contribution in [-0.2, 0) is 9.53 Å². The predicted octanol–water partition coefficient (Wildman–Crippen LogP) is 1.02. The van der Waals surface area contributed by atoms with Gasteiger partial charge < -0.3 is 14.5 Å². The summed E-state index contributed by atoms with van der Waals surface area (Å²) in [6.07, 6.45) is 5.20. The Labute approximate surface area is 164 Å². The molecule has 0 radical (unpaired) electrons. The first-order valence-corrected chi connectivity index (χ1v) is 9.57. The summed E-state index contributed by atoms with van der Waals surface area (Å²) in [5.74, 6) is -0.0960. The smallest absolute Gasteiger partial charge is 0.327 e. The third-order valence-corrected chi connectivity index (χ3v) is 5.37. The van der Waals surface area contributed by atoms with Crippen molar-refractivity contribution in [2.45, 2.75) is 32.2 Å². The Morgan fingerprint density at radius 2 is 1.86 bits per heavy atom. The normalized spacial score (nSPS) is 19.2. The second-order valence-electron chi connectivity index (χ2n) is 7.69. The van der Waals surface area contributed by atoms with Gasteiger partial charge in [0.25, 0.3) is 11.8 Å². The molecule has 1 aromatic heterocycles. The molecule has 0 aliphatic carbocycles. The Bertz CT molecular complexity index is 731. The second-order valence-corrected chi connectivity index (χ2v) is 7.69. The van der Waals surface area contributed by atoms with Gasteiger partial charge in [-0.25, -0.2) is 14.8 Å². The summed E-state index contributed by atoms with van der Waals surface area (Å²) in [4.78, 5) is 51.3. The molecule has 28 heavy (non-hydrogen) atoms. The van der Waals surface area contributed by atoms with Crippen molar-refractivity contribution >= 4 is 17.8 Å². The SMILES string of the molecule is COCCN1C(=O)N(CC(C)C)C2(CCN(C(=O)c3cncnc3)CC2)C1=O. The van der Waals surface area contributed by atoms with Gasteiger partial charge in [0.05, 0.1) is 18.7 Å². The van der Waals surface area contributed by atoms with Crippen LogP contribution in [0.25, 0.3) is 0 Å². The number of hydrogen-bond donors (Lipinski definition) is 0. The van der Waals surface area contributed by atoms with Crippen LogP contribution in [0, 0.1) is 5.92 Å². The first-order chi connectivity index (χ1) is 13.4. The van der Waals surface area contributed by atoms with Crippen molar-refractivity contribution in [2.24, 2.45) is 5.92 Å². The number of piperidine rings is 1. The molecule has 0 saturated carbocycles. The maximum absolute atomic E-state index is 13.2. The van der Waals surface area contributed by atoms with Gasteiger partial charge in [-0.05, 0) is 18.8 Å². The third kappa shape index (κ3) is 3.58. The lowest BCUT2D eigenvalue weighted by Crippen LogP contribution is -2.58. The summed E-state index contributed by atoms with van der Waals surface area (Å²) in [5, 5.41) is 0. The van der Waals surface area contributed by atoms with Crippen LogP contribution in [0.3, 0.4) is 0 Å². The highest BCUT2D eigenvalue weighted by Gasteiger charge is 2.58. The van der Waals surface area contributed by atoms with Crippen LogP contribution < -0.4 is 0 Å². The van der Waals surface area contributed by atoms with Crippen molar-refractivity contribution in [2.75, 3.05) is 39.9 Å². The molecule has 3 heterocycles. The van der Waals surface area contributed by atoms with Crippen molar-refractivity contribution in [3.05, 3.63) is 24.3 Å². The van der Waals surface area contributed by atoms with E-state index in [-0.39, 0.29) is 30.3 Å². The van der Waals surface area contributed by atoms with Gasteiger partial charge in [-0.15, -0.1) is 0 Å². The van der Waals surface area contributed by atoms with Crippen LogP contribution in [0.2, 0.25) is 0 Å². The molecule has 0 aromatic carbocycles. The minimum Gasteiger partial charge on any atom is -0.383 e. The Hall–Kier alpha value is -2.55. The van der Waals surface area contributed by atoms with Crippen molar-refractivity contribution in [1.82, 2.24) is 24.7 Å². The molecule has 9 nitrogen and oxygen atoms in total.